The van der Waals surface area contributed by atoms with Gasteiger partial charge in [0.25, 0.3) is 5.91 Å². The van der Waals surface area contributed by atoms with Crippen LogP contribution in [0, 0.1) is 5.41 Å². The summed E-state index contributed by atoms with van der Waals surface area (Å²) in [7, 11) is 1.34. The van der Waals surface area contributed by atoms with Crippen molar-refractivity contribution in [3.8, 4) is 11.5 Å². The molecule has 1 fully saturated rings. The average molecular weight is 314 g/mol. The van der Waals surface area contributed by atoms with E-state index in [-0.39, 0.29) is 22.8 Å². The van der Waals surface area contributed by atoms with Crippen LogP contribution in [-0.2, 0) is 0 Å². The second-order valence-corrected chi connectivity index (χ2v) is 5.74. The fourth-order valence-corrected chi connectivity index (χ4v) is 2.54. The van der Waals surface area contributed by atoms with E-state index >= 15 is 0 Å². The van der Waals surface area contributed by atoms with Crippen molar-refractivity contribution in [3.63, 3.8) is 0 Å². The molecule has 1 saturated heterocycles. The molecule has 0 aliphatic carbocycles. The van der Waals surface area contributed by atoms with Crippen LogP contribution in [0.25, 0.3) is 0 Å². The van der Waals surface area contributed by atoms with E-state index in [0.29, 0.717) is 25.2 Å². The molecule has 122 valence electrons. The maximum Gasteiger partial charge on any atom is 0.387 e. The first-order valence-electron chi connectivity index (χ1n) is 7.01. The van der Waals surface area contributed by atoms with Crippen LogP contribution in [0.1, 0.15) is 23.7 Å². The SMILES string of the molecule is COc1cc(C(=O)N2CCC(C)(CN)C2)ccc1OC(F)F. The van der Waals surface area contributed by atoms with Crippen molar-refractivity contribution in [2.24, 2.45) is 11.1 Å². The Morgan fingerprint density at radius 2 is 2.18 bits per heavy atom. The van der Waals surface area contributed by atoms with E-state index in [2.05, 4.69) is 4.74 Å². The van der Waals surface area contributed by atoms with Crippen molar-refractivity contribution in [1.82, 2.24) is 4.90 Å². The number of carbonyl (C=O) groups is 1. The van der Waals surface area contributed by atoms with Crippen LogP contribution in [0.4, 0.5) is 8.78 Å². The number of halogens is 2. The van der Waals surface area contributed by atoms with Crippen LogP contribution < -0.4 is 15.2 Å². The minimum Gasteiger partial charge on any atom is -0.493 e. The summed E-state index contributed by atoms with van der Waals surface area (Å²) in [5, 5.41) is 0. The van der Waals surface area contributed by atoms with E-state index in [9.17, 15) is 13.6 Å². The van der Waals surface area contributed by atoms with Gasteiger partial charge in [-0.3, -0.25) is 4.79 Å². The minimum atomic E-state index is -2.95. The Bertz CT molecular complexity index is 554. The van der Waals surface area contributed by atoms with Gasteiger partial charge in [0.1, 0.15) is 0 Å². The number of ether oxygens (including phenoxy) is 2. The van der Waals surface area contributed by atoms with E-state index in [0.717, 1.165) is 6.42 Å². The van der Waals surface area contributed by atoms with Crippen LogP contribution in [0.5, 0.6) is 11.5 Å². The Balaban J connectivity index is 2.17. The highest BCUT2D eigenvalue weighted by Gasteiger charge is 2.35. The van der Waals surface area contributed by atoms with Gasteiger partial charge in [0.15, 0.2) is 11.5 Å². The molecule has 1 unspecified atom stereocenters. The molecule has 7 heteroatoms. The van der Waals surface area contributed by atoms with Crippen LogP contribution in [0.3, 0.4) is 0 Å². The third kappa shape index (κ3) is 3.47. The number of alkyl halides is 2. The second-order valence-electron chi connectivity index (χ2n) is 5.74. The Morgan fingerprint density at radius 1 is 1.45 bits per heavy atom. The van der Waals surface area contributed by atoms with Gasteiger partial charge in [-0.1, -0.05) is 6.92 Å². The van der Waals surface area contributed by atoms with Crippen LogP contribution in [0.15, 0.2) is 18.2 Å². The molecule has 2 N–H and O–H groups in total. The smallest absolute Gasteiger partial charge is 0.387 e. The number of rotatable bonds is 5. The fraction of sp³-hybridized carbons (Fsp3) is 0.533. The number of nitrogens with two attached hydrogens (primary N) is 1. The van der Waals surface area contributed by atoms with Gasteiger partial charge in [0, 0.05) is 18.7 Å². The molecular formula is C15H20F2N2O3. The zero-order valence-electron chi connectivity index (χ0n) is 12.6. The monoisotopic (exact) mass is 314 g/mol. The molecule has 1 atom stereocenters. The third-order valence-electron chi connectivity index (χ3n) is 3.96. The molecule has 0 radical (unpaired) electrons. The molecule has 1 heterocycles. The van der Waals surface area contributed by atoms with Gasteiger partial charge in [-0.25, -0.2) is 0 Å². The summed E-state index contributed by atoms with van der Waals surface area (Å²) in [5.74, 6) is -0.159. The van der Waals surface area contributed by atoms with Crippen LogP contribution >= 0.6 is 0 Å². The second kappa shape index (κ2) is 6.48. The largest absolute Gasteiger partial charge is 0.493 e. The molecule has 5 nitrogen and oxygen atoms in total. The number of methoxy groups -OCH3 is 1. The molecule has 0 aromatic heterocycles. The van der Waals surface area contributed by atoms with Crippen LogP contribution in [0.2, 0.25) is 0 Å². The molecule has 22 heavy (non-hydrogen) atoms. The lowest BCUT2D eigenvalue weighted by Crippen LogP contribution is -2.34. The molecule has 1 aromatic rings. The van der Waals surface area contributed by atoms with E-state index in [1.165, 1.54) is 25.3 Å². The molecule has 1 amide bonds. The topological polar surface area (TPSA) is 64.8 Å². The van der Waals surface area contributed by atoms with E-state index in [4.69, 9.17) is 10.5 Å². The first kappa shape index (κ1) is 16.5. The van der Waals surface area contributed by atoms with Gasteiger partial charge >= 0.3 is 6.61 Å². The highest BCUT2D eigenvalue weighted by Crippen LogP contribution is 2.32. The summed E-state index contributed by atoms with van der Waals surface area (Å²) in [6, 6.07) is 4.19. The summed E-state index contributed by atoms with van der Waals surface area (Å²) in [5.41, 5.74) is 6.04. The maximum atomic E-state index is 12.5. The van der Waals surface area contributed by atoms with Gasteiger partial charge in [-0.15, -0.1) is 0 Å². The normalized spacial score (nSPS) is 21.3. The van der Waals surface area contributed by atoms with E-state index in [1.807, 2.05) is 6.92 Å². The molecular weight excluding hydrogens is 294 g/mol. The molecule has 1 aliphatic heterocycles. The van der Waals surface area contributed by atoms with Crippen molar-refractivity contribution >= 4 is 5.91 Å². The highest BCUT2D eigenvalue weighted by atomic mass is 19.3. The molecule has 0 spiro atoms. The predicted molar refractivity (Wildman–Crippen MR) is 77.3 cm³/mol. The van der Waals surface area contributed by atoms with Gasteiger partial charge in [0.05, 0.1) is 7.11 Å². The Labute approximate surface area is 128 Å². The zero-order chi connectivity index (χ0) is 16.3. The Morgan fingerprint density at radius 3 is 2.73 bits per heavy atom. The lowest BCUT2D eigenvalue weighted by atomic mass is 9.90. The third-order valence-corrected chi connectivity index (χ3v) is 3.96. The average Bonchev–Trinajstić information content (AvgIpc) is 2.89. The summed E-state index contributed by atoms with van der Waals surface area (Å²) < 4.78 is 34.0. The van der Waals surface area contributed by atoms with E-state index in [1.54, 1.807) is 4.90 Å². The van der Waals surface area contributed by atoms with Crippen LogP contribution in [-0.4, -0.2) is 44.2 Å². The number of hydrogen-bond acceptors (Lipinski definition) is 4. The van der Waals surface area contributed by atoms with Gasteiger partial charge in [-0.2, -0.15) is 8.78 Å². The van der Waals surface area contributed by atoms with Crippen molar-refractivity contribution < 1.29 is 23.0 Å². The van der Waals surface area contributed by atoms with Crippen molar-refractivity contribution in [2.45, 2.75) is 20.0 Å². The molecule has 1 aliphatic rings. The highest BCUT2D eigenvalue weighted by molar-refractivity contribution is 5.95. The predicted octanol–water partition coefficient (Wildman–Crippen LogP) is 2.11. The number of hydrogen-bond donors (Lipinski definition) is 1. The van der Waals surface area contributed by atoms with Gasteiger partial charge in [0.2, 0.25) is 0 Å². The van der Waals surface area contributed by atoms with Crippen molar-refractivity contribution in [1.29, 1.82) is 0 Å². The molecule has 0 saturated carbocycles. The summed E-state index contributed by atoms with van der Waals surface area (Å²) in [4.78, 5) is 14.2. The first-order valence-corrected chi connectivity index (χ1v) is 7.01. The number of nitrogens with zero attached hydrogens (tertiary/aromatic N) is 1. The molecule has 2 rings (SSSR count). The number of amides is 1. The van der Waals surface area contributed by atoms with Crippen molar-refractivity contribution in [2.75, 3.05) is 26.7 Å². The number of carbonyl (C=O) groups excluding carboxylic acids is 1. The Kier molecular flexibility index (Phi) is 4.85. The van der Waals surface area contributed by atoms with E-state index < -0.39 is 6.61 Å². The summed E-state index contributed by atoms with van der Waals surface area (Å²) in [6.07, 6.45) is 0.846. The standard InChI is InChI=1S/C15H20F2N2O3/c1-15(8-18)5-6-19(9-15)13(20)10-3-4-11(22-14(16)17)12(7-10)21-2/h3-4,7,14H,5-6,8-9,18H2,1-2H3. The molecule has 1 aromatic carbocycles. The molecule has 0 bridgehead atoms. The van der Waals surface area contributed by atoms with Gasteiger partial charge in [-0.05, 0) is 36.6 Å². The lowest BCUT2D eigenvalue weighted by molar-refractivity contribution is -0.0512. The zero-order valence-corrected chi connectivity index (χ0v) is 12.6. The lowest BCUT2D eigenvalue weighted by Gasteiger charge is -2.22. The first-order chi connectivity index (χ1) is 10.4. The summed E-state index contributed by atoms with van der Waals surface area (Å²) >= 11 is 0. The number of benzene rings is 1. The quantitative estimate of drug-likeness (QED) is 0.904. The Hall–Kier alpha value is -1.89. The van der Waals surface area contributed by atoms with Crippen molar-refractivity contribution in [3.05, 3.63) is 23.8 Å². The number of likely N-dealkylation sites (tertiary alicyclic amines) is 1. The van der Waals surface area contributed by atoms with Gasteiger partial charge < -0.3 is 20.1 Å². The maximum absolute atomic E-state index is 12.5. The summed E-state index contributed by atoms with van der Waals surface area (Å²) in [6.45, 7) is 0.825. The fourth-order valence-electron chi connectivity index (χ4n) is 2.54. The minimum absolute atomic E-state index is 0.0710.